The van der Waals surface area contributed by atoms with E-state index in [1.54, 1.807) is 25.1 Å². The van der Waals surface area contributed by atoms with Gasteiger partial charge in [-0.15, -0.1) is 0 Å². The van der Waals surface area contributed by atoms with Gasteiger partial charge in [-0.1, -0.05) is 0 Å². The first kappa shape index (κ1) is 19.0. The monoisotopic (exact) mass is 377 g/mol. The second-order valence-electron chi connectivity index (χ2n) is 6.37. The Morgan fingerprint density at radius 2 is 1.93 bits per heavy atom. The molecule has 2 aliphatic rings. The number of amides is 3. The first-order chi connectivity index (χ1) is 13.0. The molecule has 9 nitrogen and oxygen atoms in total. The number of likely N-dealkylation sites (tertiary alicyclic amines) is 1. The van der Waals surface area contributed by atoms with Gasteiger partial charge in [0, 0.05) is 11.8 Å². The summed E-state index contributed by atoms with van der Waals surface area (Å²) in [4.78, 5) is 37.7. The van der Waals surface area contributed by atoms with Gasteiger partial charge in [0.15, 0.2) is 11.5 Å². The zero-order valence-electron chi connectivity index (χ0n) is 15.2. The van der Waals surface area contributed by atoms with Crippen LogP contribution >= 0.6 is 0 Å². The van der Waals surface area contributed by atoms with Gasteiger partial charge in [0.2, 0.25) is 12.7 Å². The Hall–Kier alpha value is -2.81. The summed E-state index contributed by atoms with van der Waals surface area (Å²) in [7, 11) is 0. The van der Waals surface area contributed by atoms with Crippen molar-refractivity contribution in [1.29, 1.82) is 0 Å². The van der Waals surface area contributed by atoms with Crippen LogP contribution in [0.2, 0.25) is 0 Å². The maximum Gasteiger partial charge on any atom is 0.325 e. The van der Waals surface area contributed by atoms with Crippen LogP contribution in [-0.2, 0) is 14.3 Å². The molecular formula is C18H23N3O6. The van der Waals surface area contributed by atoms with Crippen molar-refractivity contribution >= 4 is 23.6 Å². The fourth-order valence-corrected chi connectivity index (χ4v) is 3.09. The van der Waals surface area contributed by atoms with Crippen molar-refractivity contribution in [2.24, 2.45) is 5.92 Å². The molecule has 0 aliphatic carbocycles. The highest BCUT2D eigenvalue weighted by atomic mass is 16.7. The second-order valence-corrected chi connectivity index (χ2v) is 6.37. The number of carbonyl (C=O) groups is 3. The molecule has 0 spiro atoms. The molecule has 0 unspecified atom stereocenters. The van der Waals surface area contributed by atoms with Gasteiger partial charge in [-0.25, -0.2) is 4.79 Å². The van der Waals surface area contributed by atoms with Gasteiger partial charge in [0.05, 0.1) is 19.1 Å². The minimum absolute atomic E-state index is 0.101. The topological polar surface area (TPSA) is 106 Å². The van der Waals surface area contributed by atoms with Crippen molar-refractivity contribution in [1.82, 2.24) is 10.2 Å². The van der Waals surface area contributed by atoms with Crippen LogP contribution in [0.4, 0.5) is 10.5 Å². The zero-order valence-corrected chi connectivity index (χ0v) is 15.2. The molecular weight excluding hydrogens is 354 g/mol. The van der Waals surface area contributed by atoms with Crippen LogP contribution in [0.3, 0.4) is 0 Å². The van der Waals surface area contributed by atoms with E-state index in [4.69, 9.17) is 14.2 Å². The van der Waals surface area contributed by atoms with Crippen LogP contribution in [0.1, 0.15) is 19.8 Å². The summed E-state index contributed by atoms with van der Waals surface area (Å²) in [6.45, 7) is 3.63. The molecule has 27 heavy (non-hydrogen) atoms. The number of rotatable bonds is 5. The van der Waals surface area contributed by atoms with Gasteiger partial charge < -0.3 is 19.5 Å². The summed E-state index contributed by atoms with van der Waals surface area (Å²) < 4.78 is 15.5. The van der Waals surface area contributed by atoms with E-state index >= 15 is 0 Å². The highest BCUT2D eigenvalue weighted by Crippen LogP contribution is 2.34. The maximum atomic E-state index is 12.1. The van der Waals surface area contributed by atoms with E-state index < -0.39 is 11.9 Å². The number of ether oxygens (including phenoxy) is 3. The number of nitrogens with zero attached hydrogens (tertiary/aromatic N) is 1. The lowest BCUT2D eigenvalue weighted by Crippen LogP contribution is -2.45. The number of nitrogens with one attached hydrogen (secondary N) is 2. The van der Waals surface area contributed by atoms with Crippen molar-refractivity contribution < 1.29 is 28.6 Å². The first-order valence-corrected chi connectivity index (χ1v) is 8.94. The standard InChI is InChI=1S/C18H23N3O6/c1-2-25-17(23)12-5-7-21(8-6-12)10-16(22)20-18(24)19-13-3-4-14-15(9-13)27-11-26-14/h3-4,9,12H,2,5-8,10-11H2,1H3,(H2,19,20,22,24). The normalized spacial score (nSPS) is 16.6. The summed E-state index contributed by atoms with van der Waals surface area (Å²) in [5, 5.41) is 4.89. The molecule has 0 atom stereocenters. The summed E-state index contributed by atoms with van der Waals surface area (Å²) in [5.41, 5.74) is 0.500. The second kappa shape index (κ2) is 8.72. The van der Waals surface area contributed by atoms with Gasteiger partial charge in [-0.05, 0) is 45.0 Å². The average Bonchev–Trinajstić information content (AvgIpc) is 3.10. The Bertz CT molecular complexity index is 715. The van der Waals surface area contributed by atoms with Crippen LogP contribution < -0.4 is 20.1 Å². The van der Waals surface area contributed by atoms with Gasteiger partial charge in [-0.2, -0.15) is 0 Å². The number of esters is 1. The molecule has 1 aromatic rings. The quantitative estimate of drug-likeness (QED) is 0.746. The molecule has 2 N–H and O–H groups in total. The Morgan fingerprint density at radius 1 is 1.19 bits per heavy atom. The number of hydrogen-bond donors (Lipinski definition) is 2. The predicted octanol–water partition coefficient (Wildman–Crippen LogP) is 1.34. The van der Waals surface area contributed by atoms with Crippen LogP contribution in [0.5, 0.6) is 11.5 Å². The molecule has 146 valence electrons. The summed E-state index contributed by atoms with van der Waals surface area (Å²) >= 11 is 0. The predicted molar refractivity (Wildman–Crippen MR) is 95.5 cm³/mol. The van der Waals surface area contributed by atoms with Gasteiger partial charge >= 0.3 is 12.0 Å². The zero-order chi connectivity index (χ0) is 19.2. The molecule has 1 fully saturated rings. The molecule has 9 heteroatoms. The molecule has 0 bridgehead atoms. The minimum atomic E-state index is -0.611. The minimum Gasteiger partial charge on any atom is -0.466 e. The lowest BCUT2D eigenvalue weighted by atomic mass is 9.97. The average molecular weight is 377 g/mol. The molecule has 3 amide bonds. The number of imide groups is 1. The number of fused-ring (bicyclic) bond motifs is 1. The highest BCUT2D eigenvalue weighted by molar-refractivity contribution is 6.01. The third-order valence-corrected chi connectivity index (χ3v) is 4.46. The Kier molecular flexibility index (Phi) is 6.12. The Labute approximate surface area is 156 Å². The highest BCUT2D eigenvalue weighted by Gasteiger charge is 2.27. The van der Waals surface area contributed by atoms with Gasteiger partial charge in [-0.3, -0.25) is 19.8 Å². The third kappa shape index (κ3) is 5.10. The number of carbonyl (C=O) groups excluding carboxylic acids is 3. The van der Waals surface area contributed by atoms with Crippen molar-refractivity contribution in [3.63, 3.8) is 0 Å². The fraction of sp³-hybridized carbons (Fsp3) is 0.500. The van der Waals surface area contributed by atoms with E-state index in [0.717, 1.165) is 0 Å². The van der Waals surface area contributed by atoms with E-state index in [9.17, 15) is 14.4 Å². The summed E-state index contributed by atoms with van der Waals surface area (Å²) in [5.74, 6) is 0.470. The number of benzene rings is 1. The number of anilines is 1. The van der Waals surface area contributed by atoms with Crippen LogP contribution in [0.25, 0.3) is 0 Å². The van der Waals surface area contributed by atoms with E-state index in [1.165, 1.54) is 0 Å². The SMILES string of the molecule is CCOC(=O)C1CCN(CC(=O)NC(=O)Nc2ccc3c(c2)OCO3)CC1. The molecule has 3 rings (SSSR count). The molecule has 2 aliphatic heterocycles. The Morgan fingerprint density at radius 3 is 2.67 bits per heavy atom. The van der Waals surface area contributed by atoms with E-state index in [1.807, 2.05) is 4.90 Å². The Balaban J connectivity index is 1.40. The van der Waals surface area contributed by atoms with Crippen molar-refractivity contribution in [2.75, 3.05) is 38.4 Å². The number of piperidine rings is 1. The number of urea groups is 1. The van der Waals surface area contributed by atoms with Gasteiger partial charge in [0.1, 0.15) is 0 Å². The van der Waals surface area contributed by atoms with Crippen molar-refractivity contribution in [3.8, 4) is 11.5 Å². The smallest absolute Gasteiger partial charge is 0.325 e. The van der Waals surface area contributed by atoms with Crippen LogP contribution in [0, 0.1) is 5.92 Å². The molecule has 1 saturated heterocycles. The van der Waals surface area contributed by atoms with Crippen LogP contribution in [-0.4, -0.2) is 55.8 Å². The third-order valence-electron chi connectivity index (χ3n) is 4.46. The van der Waals surface area contributed by atoms with Crippen molar-refractivity contribution in [3.05, 3.63) is 18.2 Å². The van der Waals surface area contributed by atoms with E-state index in [0.29, 0.717) is 49.7 Å². The lowest BCUT2D eigenvalue weighted by molar-refractivity contribution is -0.149. The number of hydrogen-bond acceptors (Lipinski definition) is 7. The molecule has 2 heterocycles. The van der Waals surface area contributed by atoms with Gasteiger partial charge in [0.25, 0.3) is 0 Å². The van der Waals surface area contributed by atoms with Crippen molar-refractivity contribution in [2.45, 2.75) is 19.8 Å². The summed E-state index contributed by atoms with van der Waals surface area (Å²) in [6, 6.07) is 4.37. The molecule has 0 aromatic heterocycles. The summed E-state index contributed by atoms with van der Waals surface area (Å²) in [6.07, 6.45) is 1.30. The maximum absolute atomic E-state index is 12.1. The molecule has 1 aromatic carbocycles. The van der Waals surface area contributed by atoms with Crippen LogP contribution in [0.15, 0.2) is 18.2 Å². The largest absolute Gasteiger partial charge is 0.466 e. The molecule has 0 radical (unpaired) electrons. The molecule has 0 saturated carbocycles. The lowest BCUT2D eigenvalue weighted by Gasteiger charge is -2.30. The first-order valence-electron chi connectivity index (χ1n) is 8.94. The van der Waals surface area contributed by atoms with E-state index in [-0.39, 0.29) is 25.2 Å². The fourth-order valence-electron chi connectivity index (χ4n) is 3.09. The van der Waals surface area contributed by atoms with E-state index in [2.05, 4.69) is 10.6 Å².